The molecule has 0 saturated carbocycles. The van der Waals surface area contributed by atoms with Crippen LogP contribution in [0.1, 0.15) is 44.0 Å². The number of anilines is 1. The van der Waals surface area contributed by atoms with Gasteiger partial charge in [-0.3, -0.25) is 9.59 Å². The quantitative estimate of drug-likeness (QED) is 0.394. The van der Waals surface area contributed by atoms with Crippen LogP contribution in [0.3, 0.4) is 0 Å². The van der Waals surface area contributed by atoms with Crippen LogP contribution in [0.4, 0.5) is 5.69 Å². The summed E-state index contributed by atoms with van der Waals surface area (Å²) in [5.41, 5.74) is 0.543. The Morgan fingerprint density at radius 3 is 2.24 bits per heavy atom. The number of sulfonamides is 1. The van der Waals surface area contributed by atoms with Crippen LogP contribution in [-0.2, 0) is 24.3 Å². The lowest BCUT2D eigenvalue weighted by atomic mass is 10.2. The van der Waals surface area contributed by atoms with Crippen LogP contribution in [0, 0.1) is 0 Å². The molecule has 9 nitrogen and oxygen atoms in total. The zero-order chi connectivity index (χ0) is 25.0. The summed E-state index contributed by atoms with van der Waals surface area (Å²) in [5.74, 6) is -1.17. The average molecular weight is 489 g/mol. The van der Waals surface area contributed by atoms with Crippen molar-refractivity contribution in [3.05, 3.63) is 54.1 Å². The van der Waals surface area contributed by atoms with Crippen molar-refractivity contribution in [2.75, 3.05) is 18.6 Å². The molecule has 34 heavy (non-hydrogen) atoms. The maximum atomic E-state index is 13.5. The molecule has 1 aliphatic rings. The fourth-order valence-corrected chi connectivity index (χ4v) is 5.65. The first-order valence-electron chi connectivity index (χ1n) is 11.0. The SMILES string of the molecule is CCOC(=O)c1ccc(N2C(=O)CC(N(C(C)CC)S(=O)(=O)c3ccc(OC)cc3)C2=O)cc1. The second kappa shape index (κ2) is 10.4. The van der Waals surface area contributed by atoms with Gasteiger partial charge in [0.2, 0.25) is 15.9 Å². The summed E-state index contributed by atoms with van der Waals surface area (Å²) in [4.78, 5) is 39.1. The van der Waals surface area contributed by atoms with Crippen molar-refractivity contribution in [2.24, 2.45) is 0 Å². The molecule has 0 N–H and O–H groups in total. The van der Waals surface area contributed by atoms with E-state index in [0.717, 1.165) is 9.21 Å². The van der Waals surface area contributed by atoms with Gasteiger partial charge in [-0.2, -0.15) is 4.31 Å². The maximum Gasteiger partial charge on any atom is 0.338 e. The number of benzene rings is 2. The fraction of sp³-hybridized carbons (Fsp3) is 0.375. The van der Waals surface area contributed by atoms with Gasteiger partial charge in [0.25, 0.3) is 5.91 Å². The molecule has 182 valence electrons. The van der Waals surface area contributed by atoms with E-state index in [0.29, 0.717) is 12.2 Å². The smallest absolute Gasteiger partial charge is 0.338 e. The third-order valence-electron chi connectivity index (χ3n) is 5.73. The van der Waals surface area contributed by atoms with Crippen molar-refractivity contribution >= 4 is 33.5 Å². The summed E-state index contributed by atoms with van der Waals surface area (Å²) >= 11 is 0. The van der Waals surface area contributed by atoms with Gasteiger partial charge in [0, 0.05) is 6.04 Å². The highest BCUT2D eigenvalue weighted by Crippen LogP contribution is 2.32. The summed E-state index contributed by atoms with van der Waals surface area (Å²) < 4.78 is 38.3. The summed E-state index contributed by atoms with van der Waals surface area (Å²) in [6.45, 7) is 5.43. The molecule has 1 aliphatic heterocycles. The van der Waals surface area contributed by atoms with Gasteiger partial charge in [-0.05, 0) is 68.8 Å². The predicted octanol–water partition coefficient (Wildman–Crippen LogP) is 2.99. The van der Waals surface area contributed by atoms with E-state index < -0.39 is 39.9 Å². The molecule has 2 aromatic carbocycles. The second-order valence-electron chi connectivity index (χ2n) is 7.82. The number of rotatable bonds is 9. The summed E-state index contributed by atoms with van der Waals surface area (Å²) in [5, 5.41) is 0. The molecule has 2 aromatic rings. The number of carbonyl (C=O) groups excluding carboxylic acids is 3. The van der Waals surface area contributed by atoms with Crippen molar-refractivity contribution in [2.45, 2.75) is 50.6 Å². The van der Waals surface area contributed by atoms with Crippen LogP contribution >= 0.6 is 0 Å². The van der Waals surface area contributed by atoms with Gasteiger partial charge < -0.3 is 9.47 Å². The Kier molecular flexibility index (Phi) is 7.73. The number of methoxy groups -OCH3 is 1. The van der Waals surface area contributed by atoms with Crippen LogP contribution in [0.2, 0.25) is 0 Å². The minimum atomic E-state index is -4.09. The van der Waals surface area contributed by atoms with Crippen LogP contribution in [0.25, 0.3) is 0 Å². The molecule has 0 aromatic heterocycles. The molecule has 2 amide bonds. The molecule has 0 bridgehead atoms. The second-order valence-corrected chi connectivity index (χ2v) is 9.67. The Morgan fingerprint density at radius 1 is 1.09 bits per heavy atom. The van der Waals surface area contributed by atoms with Gasteiger partial charge in [0.1, 0.15) is 11.8 Å². The van der Waals surface area contributed by atoms with E-state index in [2.05, 4.69) is 0 Å². The first-order chi connectivity index (χ1) is 16.1. The predicted molar refractivity (Wildman–Crippen MR) is 125 cm³/mol. The van der Waals surface area contributed by atoms with Gasteiger partial charge in [-0.25, -0.2) is 18.1 Å². The third kappa shape index (κ3) is 4.83. The van der Waals surface area contributed by atoms with Crippen LogP contribution in [0.5, 0.6) is 5.75 Å². The molecule has 1 heterocycles. The number of ether oxygens (including phenoxy) is 2. The van der Waals surface area contributed by atoms with Gasteiger partial charge in [-0.1, -0.05) is 6.92 Å². The first-order valence-corrected chi connectivity index (χ1v) is 12.4. The highest BCUT2D eigenvalue weighted by atomic mass is 32.2. The molecule has 0 radical (unpaired) electrons. The fourth-order valence-electron chi connectivity index (χ4n) is 3.81. The Bertz CT molecular complexity index is 1160. The number of hydrogen-bond acceptors (Lipinski definition) is 7. The van der Waals surface area contributed by atoms with E-state index in [1.807, 2.05) is 6.92 Å². The largest absolute Gasteiger partial charge is 0.497 e. The summed E-state index contributed by atoms with van der Waals surface area (Å²) in [6, 6.07) is 10.0. The number of nitrogens with zero attached hydrogens (tertiary/aromatic N) is 2. The van der Waals surface area contributed by atoms with Gasteiger partial charge in [-0.15, -0.1) is 0 Å². The standard InChI is InChI=1S/C24H28N2O7S/c1-5-16(3)26(34(30,31)20-13-11-19(32-4)12-14-20)21-15-22(27)25(23(21)28)18-9-7-17(8-10-18)24(29)33-6-2/h7-14,16,21H,5-6,15H2,1-4H3. The van der Waals surface area contributed by atoms with Crippen molar-refractivity contribution in [3.63, 3.8) is 0 Å². The van der Waals surface area contributed by atoms with Crippen LogP contribution in [0.15, 0.2) is 53.4 Å². The van der Waals surface area contributed by atoms with Crippen molar-refractivity contribution in [3.8, 4) is 5.75 Å². The highest BCUT2D eigenvalue weighted by molar-refractivity contribution is 7.89. The number of carbonyl (C=O) groups is 3. The Labute approximate surface area is 199 Å². The van der Waals surface area contributed by atoms with Gasteiger partial charge in [0.15, 0.2) is 0 Å². The Balaban J connectivity index is 1.94. The molecule has 1 fully saturated rings. The minimum absolute atomic E-state index is 0.00564. The normalized spacial score (nSPS) is 17.2. The minimum Gasteiger partial charge on any atom is -0.497 e. The molecular formula is C24H28N2O7S. The zero-order valence-electron chi connectivity index (χ0n) is 19.6. The molecule has 0 aliphatic carbocycles. The molecular weight excluding hydrogens is 460 g/mol. The third-order valence-corrected chi connectivity index (χ3v) is 7.76. The van der Waals surface area contributed by atoms with E-state index in [-0.39, 0.29) is 29.2 Å². The van der Waals surface area contributed by atoms with E-state index in [1.54, 1.807) is 13.8 Å². The van der Waals surface area contributed by atoms with E-state index in [4.69, 9.17) is 9.47 Å². The first kappa shape index (κ1) is 25.4. The summed E-state index contributed by atoms with van der Waals surface area (Å²) in [7, 11) is -2.61. The zero-order valence-corrected chi connectivity index (χ0v) is 20.4. The Hall–Kier alpha value is -3.24. The van der Waals surface area contributed by atoms with Crippen molar-refractivity contribution in [1.29, 1.82) is 0 Å². The Morgan fingerprint density at radius 2 is 1.71 bits per heavy atom. The lowest BCUT2D eigenvalue weighted by Gasteiger charge is -2.31. The number of hydrogen-bond donors (Lipinski definition) is 0. The molecule has 2 atom stereocenters. The average Bonchev–Trinajstić information content (AvgIpc) is 3.12. The maximum absolute atomic E-state index is 13.5. The molecule has 10 heteroatoms. The van der Waals surface area contributed by atoms with Crippen molar-refractivity contribution < 1.29 is 32.3 Å². The number of amides is 2. The van der Waals surface area contributed by atoms with E-state index in [9.17, 15) is 22.8 Å². The topological polar surface area (TPSA) is 110 Å². The molecule has 0 spiro atoms. The van der Waals surface area contributed by atoms with E-state index >= 15 is 0 Å². The lowest BCUT2D eigenvalue weighted by molar-refractivity contribution is -0.122. The number of esters is 1. The molecule has 2 unspecified atom stereocenters. The summed E-state index contributed by atoms with van der Waals surface area (Å²) in [6.07, 6.45) is 0.166. The van der Waals surface area contributed by atoms with Crippen LogP contribution < -0.4 is 9.64 Å². The van der Waals surface area contributed by atoms with Gasteiger partial charge in [0.05, 0.1) is 36.3 Å². The number of imide groups is 1. The van der Waals surface area contributed by atoms with Gasteiger partial charge >= 0.3 is 5.97 Å². The monoisotopic (exact) mass is 488 g/mol. The molecule has 3 rings (SSSR count). The van der Waals surface area contributed by atoms with E-state index in [1.165, 1.54) is 55.6 Å². The highest BCUT2D eigenvalue weighted by Gasteiger charge is 2.48. The van der Waals surface area contributed by atoms with Crippen LogP contribution in [-0.4, -0.2) is 56.3 Å². The molecule has 1 saturated heterocycles. The lowest BCUT2D eigenvalue weighted by Crippen LogP contribution is -2.49. The van der Waals surface area contributed by atoms with Crippen molar-refractivity contribution in [1.82, 2.24) is 4.31 Å².